The summed E-state index contributed by atoms with van der Waals surface area (Å²) in [4.78, 5) is 0. The number of allylic oxidation sites excluding steroid dienone is 1. The van der Waals surface area contributed by atoms with Crippen LogP contribution in [0.5, 0.6) is 0 Å². The third kappa shape index (κ3) is 1.80. The molecular formula is C15H16. The lowest BCUT2D eigenvalue weighted by atomic mass is 9.97. The molecule has 2 rings (SSSR count). The predicted octanol–water partition coefficient (Wildman–Crippen LogP) is 4.44. The monoisotopic (exact) mass is 196 g/mol. The number of benzene rings is 2. The Morgan fingerprint density at radius 3 is 2.60 bits per heavy atom. The predicted molar refractivity (Wildman–Crippen MR) is 68.0 cm³/mol. The molecular weight excluding hydrogens is 180 g/mol. The maximum absolute atomic E-state index is 4.01. The van der Waals surface area contributed by atoms with Crippen molar-refractivity contribution in [3.05, 3.63) is 54.1 Å². The standard InChI is InChI=1S/C15H16/c1-4-12-9-14(11(2)3)10-13-7-5-6-8-15(12)13/h5-10H,2,4H2,1,3H3. The minimum absolute atomic E-state index is 1.07. The molecule has 2 aromatic rings. The Kier molecular flexibility index (Phi) is 2.59. The smallest absolute Gasteiger partial charge is 0.0152 e. The second-order valence-corrected chi connectivity index (χ2v) is 3.99. The highest BCUT2D eigenvalue weighted by Crippen LogP contribution is 2.24. The van der Waals surface area contributed by atoms with Crippen LogP contribution < -0.4 is 0 Å². The molecule has 0 unspecified atom stereocenters. The van der Waals surface area contributed by atoms with Crippen LogP contribution in [0, 0.1) is 0 Å². The molecule has 0 radical (unpaired) electrons. The summed E-state index contributed by atoms with van der Waals surface area (Å²) in [5.41, 5.74) is 3.80. The van der Waals surface area contributed by atoms with Crippen molar-refractivity contribution in [1.82, 2.24) is 0 Å². The molecule has 0 saturated carbocycles. The molecule has 0 spiro atoms. The summed E-state index contributed by atoms with van der Waals surface area (Å²) >= 11 is 0. The van der Waals surface area contributed by atoms with E-state index in [0.29, 0.717) is 0 Å². The van der Waals surface area contributed by atoms with Gasteiger partial charge >= 0.3 is 0 Å². The van der Waals surface area contributed by atoms with E-state index in [-0.39, 0.29) is 0 Å². The molecule has 0 aliphatic carbocycles. The van der Waals surface area contributed by atoms with Crippen molar-refractivity contribution in [1.29, 1.82) is 0 Å². The van der Waals surface area contributed by atoms with Gasteiger partial charge in [-0.1, -0.05) is 49.4 Å². The first kappa shape index (κ1) is 9.97. The molecule has 0 heterocycles. The SMILES string of the molecule is C=C(C)c1cc(CC)c2ccccc2c1. The molecule has 0 aromatic heterocycles. The zero-order valence-electron chi connectivity index (χ0n) is 9.38. The highest BCUT2D eigenvalue weighted by atomic mass is 14.1. The highest BCUT2D eigenvalue weighted by molar-refractivity contribution is 5.89. The minimum Gasteiger partial charge on any atom is -0.0955 e. The summed E-state index contributed by atoms with van der Waals surface area (Å²) in [5.74, 6) is 0. The van der Waals surface area contributed by atoms with Crippen LogP contribution in [0.25, 0.3) is 16.3 Å². The molecule has 0 nitrogen and oxygen atoms in total. The number of hydrogen-bond acceptors (Lipinski definition) is 0. The van der Waals surface area contributed by atoms with Crippen LogP contribution in [-0.2, 0) is 6.42 Å². The van der Waals surface area contributed by atoms with Crippen LogP contribution in [-0.4, -0.2) is 0 Å². The van der Waals surface area contributed by atoms with Gasteiger partial charge in [0.25, 0.3) is 0 Å². The van der Waals surface area contributed by atoms with Gasteiger partial charge < -0.3 is 0 Å². The molecule has 76 valence electrons. The van der Waals surface area contributed by atoms with Crippen molar-refractivity contribution < 1.29 is 0 Å². The fourth-order valence-corrected chi connectivity index (χ4v) is 1.93. The highest BCUT2D eigenvalue weighted by Gasteiger charge is 2.02. The van der Waals surface area contributed by atoms with E-state index >= 15 is 0 Å². The summed E-state index contributed by atoms with van der Waals surface area (Å²) < 4.78 is 0. The summed E-state index contributed by atoms with van der Waals surface area (Å²) in [6.07, 6.45) is 1.07. The van der Waals surface area contributed by atoms with E-state index < -0.39 is 0 Å². The van der Waals surface area contributed by atoms with Crippen LogP contribution >= 0.6 is 0 Å². The first-order chi connectivity index (χ1) is 7.22. The molecule has 0 fully saturated rings. The van der Waals surface area contributed by atoms with Crippen LogP contribution in [0.15, 0.2) is 43.0 Å². The topological polar surface area (TPSA) is 0 Å². The van der Waals surface area contributed by atoms with E-state index in [1.807, 2.05) is 0 Å². The van der Waals surface area contributed by atoms with Gasteiger partial charge in [-0.3, -0.25) is 0 Å². The summed E-state index contributed by atoms with van der Waals surface area (Å²) in [5, 5.41) is 2.68. The van der Waals surface area contributed by atoms with Crippen molar-refractivity contribution in [3.63, 3.8) is 0 Å². The van der Waals surface area contributed by atoms with E-state index in [2.05, 4.69) is 56.8 Å². The minimum atomic E-state index is 1.07. The van der Waals surface area contributed by atoms with Gasteiger partial charge in [0.2, 0.25) is 0 Å². The van der Waals surface area contributed by atoms with E-state index in [0.717, 1.165) is 12.0 Å². The molecule has 0 aliphatic heterocycles. The average molecular weight is 196 g/mol. The Balaban J connectivity index is 2.77. The van der Waals surface area contributed by atoms with Gasteiger partial charge in [-0.05, 0) is 41.3 Å². The van der Waals surface area contributed by atoms with Gasteiger partial charge in [-0.25, -0.2) is 0 Å². The zero-order valence-corrected chi connectivity index (χ0v) is 9.38. The molecule has 0 N–H and O–H groups in total. The van der Waals surface area contributed by atoms with Gasteiger partial charge in [-0.2, -0.15) is 0 Å². The van der Waals surface area contributed by atoms with Gasteiger partial charge in [0.1, 0.15) is 0 Å². The Morgan fingerprint density at radius 2 is 1.93 bits per heavy atom. The van der Waals surface area contributed by atoms with Crippen molar-refractivity contribution in [2.75, 3.05) is 0 Å². The molecule has 0 amide bonds. The Hall–Kier alpha value is -1.56. The number of aryl methyl sites for hydroxylation is 1. The lowest BCUT2D eigenvalue weighted by Gasteiger charge is -2.08. The first-order valence-electron chi connectivity index (χ1n) is 5.40. The Labute approximate surface area is 91.2 Å². The quantitative estimate of drug-likeness (QED) is 0.666. The number of hydrogen-bond donors (Lipinski definition) is 0. The van der Waals surface area contributed by atoms with Crippen molar-refractivity contribution in [3.8, 4) is 0 Å². The third-order valence-electron chi connectivity index (χ3n) is 2.82. The normalized spacial score (nSPS) is 10.5. The van der Waals surface area contributed by atoms with E-state index in [1.165, 1.54) is 21.9 Å². The number of fused-ring (bicyclic) bond motifs is 1. The summed E-state index contributed by atoms with van der Waals surface area (Å²) in [7, 11) is 0. The lowest BCUT2D eigenvalue weighted by Crippen LogP contribution is -1.87. The van der Waals surface area contributed by atoms with Gasteiger partial charge in [0, 0.05) is 0 Å². The molecule has 0 atom stereocenters. The Morgan fingerprint density at radius 1 is 1.20 bits per heavy atom. The zero-order chi connectivity index (χ0) is 10.8. The molecule has 15 heavy (non-hydrogen) atoms. The van der Waals surface area contributed by atoms with E-state index in [4.69, 9.17) is 0 Å². The van der Waals surface area contributed by atoms with Gasteiger partial charge in [-0.15, -0.1) is 0 Å². The summed E-state index contributed by atoms with van der Waals surface area (Å²) in [6.45, 7) is 8.27. The molecule has 2 aromatic carbocycles. The molecule has 0 saturated heterocycles. The van der Waals surface area contributed by atoms with Crippen molar-refractivity contribution >= 4 is 16.3 Å². The number of rotatable bonds is 2. The average Bonchev–Trinajstić information content (AvgIpc) is 2.27. The largest absolute Gasteiger partial charge is 0.0955 e. The van der Waals surface area contributed by atoms with Gasteiger partial charge in [0.15, 0.2) is 0 Å². The second-order valence-electron chi connectivity index (χ2n) is 3.99. The van der Waals surface area contributed by atoms with Gasteiger partial charge in [0.05, 0.1) is 0 Å². The van der Waals surface area contributed by atoms with Crippen molar-refractivity contribution in [2.45, 2.75) is 20.3 Å². The van der Waals surface area contributed by atoms with Crippen LogP contribution in [0.2, 0.25) is 0 Å². The first-order valence-corrected chi connectivity index (χ1v) is 5.40. The molecule has 0 aliphatic rings. The third-order valence-corrected chi connectivity index (χ3v) is 2.82. The van der Waals surface area contributed by atoms with Crippen LogP contribution in [0.3, 0.4) is 0 Å². The van der Waals surface area contributed by atoms with E-state index in [1.54, 1.807) is 0 Å². The Bertz CT molecular complexity index is 506. The molecule has 0 heteroatoms. The van der Waals surface area contributed by atoms with Crippen LogP contribution in [0.1, 0.15) is 25.0 Å². The van der Waals surface area contributed by atoms with E-state index in [9.17, 15) is 0 Å². The lowest BCUT2D eigenvalue weighted by molar-refractivity contribution is 1.16. The fraction of sp³-hybridized carbons (Fsp3) is 0.200. The fourth-order valence-electron chi connectivity index (χ4n) is 1.93. The second kappa shape index (κ2) is 3.90. The maximum atomic E-state index is 4.01. The summed E-state index contributed by atoms with van der Waals surface area (Å²) in [6, 6.07) is 13.0. The maximum Gasteiger partial charge on any atom is -0.0152 e. The molecule has 0 bridgehead atoms. The van der Waals surface area contributed by atoms with Crippen LogP contribution in [0.4, 0.5) is 0 Å². The van der Waals surface area contributed by atoms with Crippen molar-refractivity contribution in [2.24, 2.45) is 0 Å².